The number of carboxylic acids is 1. The Hall–Kier alpha value is -3.35. The fourth-order valence-electron chi connectivity index (χ4n) is 3.90. The fourth-order valence-corrected chi connectivity index (χ4v) is 3.90. The highest BCUT2D eigenvalue weighted by molar-refractivity contribution is 5.89. The first-order valence-corrected chi connectivity index (χ1v) is 10.5. The number of aliphatic carboxylic acids is 1. The predicted octanol–water partition coefficient (Wildman–Crippen LogP) is 3.53. The molecule has 0 saturated heterocycles. The van der Waals surface area contributed by atoms with Crippen molar-refractivity contribution in [3.63, 3.8) is 0 Å². The number of nitrogens with one attached hydrogen (secondary N) is 2. The van der Waals surface area contributed by atoms with E-state index in [0.717, 1.165) is 22.3 Å². The van der Waals surface area contributed by atoms with E-state index in [0.29, 0.717) is 6.42 Å². The highest BCUT2D eigenvalue weighted by Crippen LogP contribution is 2.44. The van der Waals surface area contributed by atoms with Crippen LogP contribution in [0.5, 0.6) is 0 Å². The van der Waals surface area contributed by atoms with Crippen molar-refractivity contribution in [2.24, 2.45) is 5.92 Å². The van der Waals surface area contributed by atoms with Gasteiger partial charge in [0.2, 0.25) is 5.91 Å². The van der Waals surface area contributed by atoms with E-state index in [1.807, 2.05) is 36.4 Å². The average Bonchev–Trinajstić information content (AvgIpc) is 3.07. The standard InChI is InChI=1S/C24H28N2O5/c1-4-20(22(27)26-21(14(2)3)23(28)29)25-24(30)31-13-19-17-11-7-5-9-15(17)16-10-6-8-12-18(16)19/h5-12,14,19-21H,4,13H2,1-3H3,(H,25,30)(H,26,27)(H,28,29)/t20?,21-/m1/s1. The molecule has 0 fully saturated rings. The highest BCUT2D eigenvalue weighted by atomic mass is 16.5. The van der Waals surface area contributed by atoms with Crippen molar-refractivity contribution in [1.82, 2.24) is 10.6 Å². The van der Waals surface area contributed by atoms with Crippen molar-refractivity contribution in [3.8, 4) is 11.1 Å². The highest BCUT2D eigenvalue weighted by Gasteiger charge is 2.30. The lowest BCUT2D eigenvalue weighted by Crippen LogP contribution is -2.53. The molecule has 3 rings (SSSR count). The van der Waals surface area contributed by atoms with Crippen LogP contribution >= 0.6 is 0 Å². The van der Waals surface area contributed by atoms with E-state index < -0.39 is 30.1 Å². The van der Waals surface area contributed by atoms with Crippen molar-refractivity contribution < 1.29 is 24.2 Å². The number of carbonyl (C=O) groups is 3. The minimum atomic E-state index is -1.11. The molecule has 164 valence electrons. The number of carbonyl (C=O) groups excluding carboxylic acids is 2. The summed E-state index contributed by atoms with van der Waals surface area (Å²) in [5, 5.41) is 14.3. The molecule has 2 amide bonds. The monoisotopic (exact) mass is 424 g/mol. The van der Waals surface area contributed by atoms with Gasteiger partial charge in [-0.05, 0) is 34.6 Å². The smallest absolute Gasteiger partial charge is 0.407 e. The summed E-state index contributed by atoms with van der Waals surface area (Å²) >= 11 is 0. The largest absolute Gasteiger partial charge is 0.480 e. The molecular formula is C24H28N2O5. The van der Waals surface area contributed by atoms with Crippen LogP contribution in [0.15, 0.2) is 48.5 Å². The minimum Gasteiger partial charge on any atom is -0.480 e. The first-order valence-electron chi connectivity index (χ1n) is 10.5. The molecule has 2 atom stereocenters. The van der Waals surface area contributed by atoms with E-state index in [9.17, 15) is 19.5 Å². The Morgan fingerprint density at radius 2 is 1.52 bits per heavy atom. The molecule has 0 radical (unpaired) electrons. The summed E-state index contributed by atoms with van der Waals surface area (Å²) in [5.74, 6) is -2.02. The quantitative estimate of drug-likeness (QED) is 0.601. The van der Waals surface area contributed by atoms with Gasteiger partial charge in [0.25, 0.3) is 0 Å². The maximum atomic E-state index is 12.5. The second kappa shape index (κ2) is 9.64. The van der Waals surface area contributed by atoms with Crippen molar-refractivity contribution in [1.29, 1.82) is 0 Å². The van der Waals surface area contributed by atoms with Crippen LogP contribution < -0.4 is 10.6 Å². The summed E-state index contributed by atoms with van der Waals surface area (Å²) < 4.78 is 5.48. The van der Waals surface area contributed by atoms with Gasteiger partial charge in [-0.1, -0.05) is 69.3 Å². The Kier molecular flexibility index (Phi) is 6.95. The van der Waals surface area contributed by atoms with E-state index in [4.69, 9.17) is 4.74 Å². The lowest BCUT2D eigenvalue weighted by Gasteiger charge is -2.22. The number of hydrogen-bond donors (Lipinski definition) is 3. The summed E-state index contributed by atoms with van der Waals surface area (Å²) in [7, 11) is 0. The van der Waals surface area contributed by atoms with E-state index in [2.05, 4.69) is 22.8 Å². The number of ether oxygens (including phenoxy) is 1. The number of rotatable bonds is 8. The van der Waals surface area contributed by atoms with Gasteiger partial charge in [-0.2, -0.15) is 0 Å². The summed E-state index contributed by atoms with van der Waals surface area (Å²) in [6, 6.07) is 14.2. The van der Waals surface area contributed by atoms with Crippen LogP contribution in [0.3, 0.4) is 0 Å². The normalized spacial score (nSPS) is 14.3. The Balaban J connectivity index is 1.63. The predicted molar refractivity (Wildman–Crippen MR) is 117 cm³/mol. The van der Waals surface area contributed by atoms with Crippen LogP contribution in [0.1, 0.15) is 44.2 Å². The molecule has 0 bridgehead atoms. The first kappa shape index (κ1) is 22.3. The van der Waals surface area contributed by atoms with Gasteiger partial charge in [0.15, 0.2) is 0 Å². The summed E-state index contributed by atoms with van der Waals surface area (Å²) in [6.45, 7) is 5.29. The average molecular weight is 424 g/mol. The van der Waals surface area contributed by atoms with Gasteiger partial charge in [-0.15, -0.1) is 0 Å². The molecule has 2 aromatic rings. The first-order chi connectivity index (χ1) is 14.8. The number of fused-ring (bicyclic) bond motifs is 3. The van der Waals surface area contributed by atoms with Crippen LogP contribution in [0, 0.1) is 5.92 Å². The molecule has 0 heterocycles. The molecule has 1 unspecified atom stereocenters. The Labute approximate surface area is 181 Å². The molecule has 0 spiro atoms. The van der Waals surface area contributed by atoms with E-state index in [1.54, 1.807) is 20.8 Å². The lowest BCUT2D eigenvalue weighted by atomic mass is 9.98. The van der Waals surface area contributed by atoms with Gasteiger partial charge in [0.1, 0.15) is 18.7 Å². The van der Waals surface area contributed by atoms with Crippen LogP contribution in [-0.4, -0.2) is 41.8 Å². The van der Waals surface area contributed by atoms with Gasteiger partial charge >= 0.3 is 12.1 Å². The second-order valence-corrected chi connectivity index (χ2v) is 8.00. The minimum absolute atomic E-state index is 0.0793. The van der Waals surface area contributed by atoms with Gasteiger partial charge in [0, 0.05) is 5.92 Å². The van der Waals surface area contributed by atoms with Crippen LogP contribution in [0.4, 0.5) is 4.79 Å². The molecule has 3 N–H and O–H groups in total. The zero-order valence-electron chi connectivity index (χ0n) is 17.9. The zero-order valence-corrected chi connectivity index (χ0v) is 17.9. The lowest BCUT2D eigenvalue weighted by molar-refractivity contribution is -0.143. The van der Waals surface area contributed by atoms with E-state index >= 15 is 0 Å². The third-order valence-corrected chi connectivity index (χ3v) is 5.59. The number of amides is 2. The zero-order chi connectivity index (χ0) is 22.5. The molecular weight excluding hydrogens is 396 g/mol. The molecule has 1 aliphatic rings. The topological polar surface area (TPSA) is 105 Å². The molecule has 0 saturated carbocycles. The molecule has 1 aliphatic carbocycles. The number of alkyl carbamates (subject to hydrolysis) is 1. The summed E-state index contributed by atoms with van der Waals surface area (Å²) in [5.41, 5.74) is 4.46. The van der Waals surface area contributed by atoms with Gasteiger partial charge in [-0.25, -0.2) is 9.59 Å². The maximum Gasteiger partial charge on any atom is 0.407 e. The van der Waals surface area contributed by atoms with Crippen LogP contribution in [0.25, 0.3) is 11.1 Å². The number of carboxylic acid groups (broad SMARTS) is 1. The van der Waals surface area contributed by atoms with Crippen molar-refractivity contribution >= 4 is 18.0 Å². The van der Waals surface area contributed by atoms with Crippen molar-refractivity contribution in [2.45, 2.75) is 45.2 Å². The maximum absolute atomic E-state index is 12.5. The summed E-state index contributed by atoms with van der Waals surface area (Å²) in [4.78, 5) is 36.2. The molecule has 7 nitrogen and oxygen atoms in total. The Morgan fingerprint density at radius 1 is 0.968 bits per heavy atom. The van der Waals surface area contributed by atoms with Gasteiger partial charge in [-0.3, -0.25) is 4.79 Å². The van der Waals surface area contributed by atoms with Crippen LogP contribution in [-0.2, 0) is 14.3 Å². The molecule has 7 heteroatoms. The Bertz CT molecular complexity index is 926. The molecule has 0 aromatic heterocycles. The summed E-state index contributed by atoms with van der Waals surface area (Å²) in [6.07, 6.45) is -0.402. The fraction of sp³-hybridized carbons (Fsp3) is 0.375. The molecule has 2 aromatic carbocycles. The molecule has 31 heavy (non-hydrogen) atoms. The number of hydrogen-bond acceptors (Lipinski definition) is 4. The number of benzene rings is 2. The SMILES string of the molecule is CCC(NC(=O)OCC1c2ccccc2-c2ccccc21)C(=O)N[C@@H](C(=O)O)C(C)C. The third-order valence-electron chi connectivity index (χ3n) is 5.59. The van der Waals surface area contributed by atoms with E-state index in [1.165, 1.54) is 0 Å². The van der Waals surface area contributed by atoms with Crippen molar-refractivity contribution in [3.05, 3.63) is 59.7 Å². The van der Waals surface area contributed by atoms with Crippen molar-refractivity contribution in [2.75, 3.05) is 6.61 Å². The third kappa shape index (κ3) is 4.87. The second-order valence-electron chi connectivity index (χ2n) is 8.00. The Morgan fingerprint density at radius 3 is 2.00 bits per heavy atom. The van der Waals surface area contributed by atoms with Gasteiger partial charge < -0.3 is 20.5 Å². The van der Waals surface area contributed by atoms with Gasteiger partial charge in [0.05, 0.1) is 0 Å². The van der Waals surface area contributed by atoms with E-state index in [-0.39, 0.29) is 18.4 Å². The molecule has 0 aliphatic heterocycles. The van der Waals surface area contributed by atoms with Crippen LogP contribution in [0.2, 0.25) is 0 Å².